The van der Waals surface area contributed by atoms with Gasteiger partial charge in [0.15, 0.2) is 0 Å². The normalized spacial score (nSPS) is 20.8. The van der Waals surface area contributed by atoms with Crippen LogP contribution < -0.4 is 10.2 Å². The van der Waals surface area contributed by atoms with Crippen LogP contribution in [0.4, 0.5) is 10.1 Å². The van der Waals surface area contributed by atoms with Gasteiger partial charge in [0.2, 0.25) is 0 Å². The maximum atomic E-state index is 13.0. The first-order valence-corrected chi connectivity index (χ1v) is 5.10. The number of nitrogens with one attached hydrogen (secondary N) is 1. The number of fused-ring (bicyclic) bond motifs is 1. The highest BCUT2D eigenvalue weighted by molar-refractivity contribution is 5.59. The van der Waals surface area contributed by atoms with Gasteiger partial charge in [-0.2, -0.15) is 0 Å². The molecular weight excluding hydrogens is 179 g/mol. The summed E-state index contributed by atoms with van der Waals surface area (Å²) in [6, 6.07) is 5.77. The van der Waals surface area contributed by atoms with E-state index < -0.39 is 0 Å². The zero-order valence-electron chi connectivity index (χ0n) is 7.96. The maximum absolute atomic E-state index is 13.0. The molecule has 74 valence electrons. The summed E-state index contributed by atoms with van der Waals surface area (Å²) in [6.07, 6.45) is 0.990. The highest BCUT2D eigenvalue weighted by Gasteiger charge is 2.29. The quantitative estimate of drug-likeness (QED) is 0.718. The van der Waals surface area contributed by atoms with Crippen molar-refractivity contribution in [3.05, 3.63) is 29.6 Å². The van der Waals surface area contributed by atoms with E-state index in [9.17, 15) is 4.39 Å². The molecule has 1 saturated heterocycles. The second-order valence-electron chi connectivity index (χ2n) is 4.03. The molecule has 0 amide bonds. The van der Waals surface area contributed by atoms with Crippen LogP contribution in [0, 0.1) is 5.82 Å². The van der Waals surface area contributed by atoms with E-state index in [1.165, 1.54) is 5.69 Å². The van der Waals surface area contributed by atoms with Crippen LogP contribution in [0.25, 0.3) is 0 Å². The largest absolute Gasteiger partial charge is 0.365 e. The van der Waals surface area contributed by atoms with E-state index in [2.05, 4.69) is 10.2 Å². The lowest BCUT2D eigenvalue weighted by molar-refractivity contribution is 0.420. The van der Waals surface area contributed by atoms with Crippen LogP contribution in [0.1, 0.15) is 5.56 Å². The summed E-state index contributed by atoms with van der Waals surface area (Å²) in [5.41, 5.74) is 2.40. The lowest BCUT2D eigenvalue weighted by Gasteiger charge is -2.37. The molecule has 1 aromatic rings. The van der Waals surface area contributed by atoms with Crippen molar-refractivity contribution in [2.24, 2.45) is 0 Å². The van der Waals surface area contributed by atoms with E-state index in [1.54, 1.807) is 12.1 Å². The van der Waals surface area contributed by atoms with E-state index in [1.807, 2.05) is 6.07 Å². The lowest BCUT2D eigenvalue weighted by atomic mass is 10.1. The molecule has 0 spiro atoms. The van der Waals surface area contributed by atoms with E-state index in [-0.39, 0.29) is 5.82 Å². The number of nitrogens with zero attached hydrogens (tertiary/aromatic N) is 1. The summed E-state index contributed by atoms with van der Waals surface area (Å²) in [5, 5.41) is 3.26. The van der Waals surface area contributed by atoms with Gasteiger partial charge in [-0.15, -0.1) is 0 Å². The van der Waals surface area contributed by atoms with Gasteiger partial charge in [0.1, 0.15) is 5.82 Å². The molecule has 2 aliphatic heterocycles. The van der Waals surface area contributed by atoms with Gasteiger partial charge in [-0.25, -0.2) is 4.39 Å². The first-order valence-electron chi connectivity index (χ1n) is 5.10. The van der Waals surface area contributed by atoms with E-state index in [0.717, 1.165) is 31.6 Å². The number of anilines is 1. The number of hydrogen-bond donors (Lipinski definition) is 1. The van der Waals surface area contributed by atoms with Gasteiger partial charge in [0, 0.05) is 25.3 Å². The van der Waals surface area contributed by atoms with Crippen LogP contribution in [-0.4, -0.2) is 25.7 Å². The highest BCUT2D eigenvalue weighted by atomic mass is 19.1. The average Bonchev–Trinajstić information content (AvgIpc) is 2.45. The maximum Gasteiger partial charge on any atom is 0.123 e. The minimum atomic E-state index is -0.114. The Balaban J connectivity index is 1.93. The minimum absolute atomic E-state index is 0.114. The standard InChI is InChI=1S/C11H13FN2/c12-9-1-2-11-8(5-9)3-4-14(11)10-6-13-7-10/h1-2,5,10,13H,3-4,6-7H2. The topological polar surface area (TPSA) is 15.3 Å². The first-order chi connectivity index (χ1) is 6.84. The molecule has 3 rings (SSSR count). The molecule has 2 heterocycles. The zero-order valence-corrected chi connectivity index (χ0v) is 7.96. The van der Waals surface area contributed by atoms with Crippen LogP contribution in [0.2, 0.25) is 0 Å². The fourth-order valence-corrected chi connectivity index (χ4v) is 2.27. The van der Waals surface area contributed by atoms with Gasteiger partial charge in [0.05, 0.1) is 6.04 Å². The molecule has 3 heteroatoms. The Morgan fingerprint density at radius 1 is 1.36 bits per heavy atom. The van der Waals surface area contributed by atoms with Gasteiger partial charge < -0.3 is 10.2 Å². The van der Waals surface area contributed by atoms with Gasteiger partial charge in [-0.05, 0) is 30.2 Å². The molecule has 0 aromatic heterocycles. The molecule has 14 heavy (non-hydrogen) atoms. The Bertz CT molecular complexity index is 360. The van der Waals surface area contributed by atoms with Crippen molar-refractivity contribution in [1.29, 1.82) is 0 Å². The summed E-state index contributed by atoms with van der Waals surface area (Å²) in [7, 11) is 0. The molecule has 0 radical (unpaired) electrons. The van der Waals surface area contributed by atoms with E-state index in [4.69, 9.17) is 0 Å². The number of hydrogen-bond acceptors (Lipinski definition) is 2. The smallest absolute Gasteiger partial charge is 0.123 e. The van der Waals surface area contributed by atoms with Crippen molar-refractivity contribution >= 4 is 5.69 Å². The molecule has 0 bridgehead atoms. The molecule has 2 aliphatic rings. The average molecular weight is 192 g/mol. The van der Waals surface area contributed by atoms with E-state index in [0.29, 0.717) is 6.04 Å². The third-order valence-electron chi connectivity index (χ3n) is 3.17. The lowest BCUT2D eigenvalue weighted by Crippen LogP contribution is -2.56. The molecule has 1 fully saturated rings. The third kappa shape index (κ3) is 1.12. The molecule has 2 nitrogen and oxygen atoms in total. The number of halogens is 1. The van der Waals surface area contributed by atoms with Crippen LogP contribution in [0.5, 0.6) is 0 Å². The van der Waals surface area contributed by atoms with Crippen molar-refractivity contribution in [3.8, 4) is 0 Å². The van der Waals surface area contributed by atoms with Gasteiger partial charge >= 0.3 is 0 Å². The van der Waals surface area contributed by atoms with Crippen molar-refractivity contribution in [1.82, 2.24) is 5.32 Å². The molecule has 1 aromatic carbocycles. The summed E-state index contributed by atoms with van der Waals surface area (Å²) >= 11 is 0. The first kappa shape index (κ1) is 8.24. The molecule has 1 N–H and O–H groups in total. The van der Waals surface area contributed by atoms with Crippen molar-refractivity contribution in [2.75, 3.05) is 24.5 Å². The van der Waals surface area contributed by atoms with Crippen molar-refractivity contribution in [2.45, 2.75) is 12.5 Å². The van der Waals surface area contributed by atoms with Crippen LogP contribution in [-0.2, 0) is 6.42 Å². The van der Waals surface area contributed by atoms with Crippen molar-refractivity contribution < 1.29 is 4.39 Å². The molecule has 0 aliphatic carbocycles. The van der Waals surface area contributed by atoms with Gasteiger partial charge in [-0.3, -0.25) is 0 Å². The third-order valence-corrected chi connectivity index (χ3v) is 3.17. The second-order valence-corrected chi connectivity index (χ2v) is 4.03. The van der Waals surface area contributed by atoms with Crippen LogP contribution >= 0.6 is 0 Å². The van der Waals surface area contributed by atoms with Crippen LogP contribution in [0.3, 0.4) is 0 Å². The Hall–Kier alpha value is -1.09. The van der Waals surface area contributed by atoms with Gasteiger partial charge in [0.25, 0.3) is 0 Å². The van der Waals surface area contributed by atoms with Crippen LogP contribution in [0.15, 0.2) is 18.2 Å². The Labute approximate surface area is 82.7 Å². The molecule has 0 atom stereocenters. The molecule has 0 unspecified atom stereocenters. The fraction of sp³-hybridized carbons (Fsp3) is 0.455. The molecular formula is C11H13FN2. The Kier molecular flexibility index (Phi) is 1.74. The SMILES string of the molecule is Fc1ccc2c(c1)CCN2C1CNC1. The summed E-state index contributed by atoms with van der Waals surface area (Å²) < 4.78 is 13.0. The fourth-order valence-electron chi connectivity index (χ4n) is 2.27. The van der Waals surface area contributed by atoms with E-state index >= 15 is 0 Å². The zero-order chi connectivity index (χ0) is 9.54. The number of rotatable bonds is 1. The predicted molar refractivity (Wildman–Crippen MR) is 54.1 cm³/mol. The summed E-state index contributed by atoms with van der Waals surface area (Å²) in [6.45, 7) is 3.18. The molecule has 0 saturated carbocycles. The Morgan fingerprint density at radius 2 is 2.21 bits per heavy atom. The predicted octanol–water partition coefficient (Wildman–Crippen LogP) is 1.16. The monoisotopic (exact) mass is 192 g/mol. The minimum Gasteiger partial charge on any atom is -0.365 e. The van der Waals surface area contributed by atoms with Gasteiger partial charge in [-0.1, -0.05) is 0 Å². The number of benzene rings is 1. The Morgan fingerprint density at radius 3 is 2.93 bits per heavy atom. The second kappa shape index (κ2) is 2.95. The highest BCUT2D eigenvalue weighted by Crippen LogP contribution is 2.30. The summed E-state index contributed by atoms with van der Waals surface area (Å²) in [5.74, 6) is -0.114. The van der Waals surface area contributed by atoms with Crippen molar-refractivity contribution in [3.63, 3.8) is 0 Å². The summed E-state index contributed by atoms with van der Waals surface area (Å²) in [4.78, 5) is 2.39.